The van der Waals surface area contributed by atoms with Crippen molar-refractivity contribution in [3.05, 3.63) is 30.1 Å². The Labute approximate surface area is 111 Å². The number of nitrogens with zero attached hydrogens (tertiary/aromatic N) is 2. The molecule has 1 aliphatic heterocycles. The van der Waals surface area contributed by atoms with Gasteiger partial charge in [-0.3, -0.25) is 9.78 Å². The number of hydrogen-bond donors (Lipinski definition) is 0. The van der Waals surface area contributed by atoms with E-state index in [0.717, 1.165) is 5.56 Å². The molecule has 6 nitrogen and oxygen atoms in total. The lowest BCUT2D eigenvalue weighted by molar-refractivity contribution is -0.160. The molecule has 2 rings (SSSR count). The van der Waals surface area contributed by atoms with E-state index in [9.17, 15) is 9.59 Å². The number of carbonyl (C=O) groups excluding carboxylic acids is 2. The van der Waals surface area contributed by atoms with Crippen LogP contribution < -0.4 is 0 Å². The van der Waals surface area contributed by atoms with Crippen LogP contribution in [0.4, 0.5) is 0 Å². The summed E-state index contributed by atoms with van der Waals surface area (Å²) in [6.45, 7) is 1.04. The molecule has 1 unspecified atom stereocenters. The van der Waals surface area contributed by atoms with Gasteiger partial charge in [0.1, 0.15) is 0 Å². The smallest absolute Gasteiger partial charge is 0.331 e. The number of pyridine rings is 1. The second-order valence-corrected chi connectivity index (χ2v) is 4.23. The molecule has 19 heavy (non-hydrogen) atoms. The second kappa shape index (κ2) is 6.29. The Bertz CT molecular complexity index is 449. The minimum absolute atomic E-state index is 0.107. The number of rotatable bonds is 3. The highest BCUT2D eigenvalue weighted by molar-refractivity contribution is 5.86. The fourth-order valence-corrected chi connectivity index (χ4v) is 2.01. The van der Waals surface area contributed by atoms with Crippen molar-refractivity contribution in [2.24, 2.45) is 0 Å². The van der Waals surface area contributed by atoms with Crippen molar-refractivity contribution in [2.75, 3.05) is 26.9 Å². The molecule has 1 saturated heterocycles. The van der Waals surface area contributed by atoms with Gasteiger partial charge < -0.3 is 14.4 Å². The zero-order valence-corrected chi connectivity index (χ0v) is 10.7. The van der Waals surface area contributed by atoms with Gasteiger partial charge in [-0.15, -0.1) is 0 Å². The Morgan fingerprint density at radius 1 is 1.47 bits per heavy atom. The number of carbonyl (C=O) groups is 2. The number of esters is 1. The van der Waals surface area contributed by atoms with Crippen LogP contribution in [0.3, 0.4) is 0 Å². The Balaban J connectivity index is 2.05. The monoisotopic (exact) mass is 264 g/mol. The highest BCUT2D eigenvalue weighted by Gasteiger charge is 2.33. The number of hydrogen-bond acceptors (Lipinski definition) is 5. The quantitative estimate of drug-likeness (QED) is 0.720. The predicted octanol–water partition coefficient (Wildman–Crippen LogP) is 0.0245. The third-order valence-corrected chi connectivity index (χ3v) is 3.03. The number of methoxy groups -OCH3 is 1. The molecule has 6 heteroatoms. The molecule has 1 aromatic rings. The van der Waals surface area contributed by atoms with Crippen LogP contribution in [-0.2, 0) is 25.5 Å². The molecule has 1 aliphatic rings. The summed E-state index contributed by atoms with van der Waals surface area (Å²) in [7, 11) is 1.31. The first-order valence-electron chi connectivity index (χ1n) is 6.06. The Morgan fingerprint density at radius 2 is 2.21 bits per heavy atom. The second-order valence-electron chi connectivity index (χ2n) is 4.23. The first kappa shape index (κ1) is 13.5. The van der Waals surface area contributed by atoms with E-state index in [2.05, 4.69) is 4.98 Å². The largest absolute Gasteiger partial charge is 0.467 e. The molecular formula is C13H16N2O4. The normalized spacial score (nSPS) is 19.0. The lowest BCUT2D eigenvalue weighted by atomic mass is 10.1. The summed E-state index contributed by atoms with van der Waals surface area (Å²) in [5, 5.41) is 0. The third kappa shape index (κ3) is 3.29. The minimum Gasteiger partial charge on any atom is -0.467 e. The zero-order valence-electron chi connectivity index (χ0n) is 10.7. The third-order valence-electron chi connectivity index (χ3n) is 3.03. The summed E-state index contributed by atoms with van der Waals surface area (Å²) in [5.41, 5.74) is 0.870. The van der Waals surface area contributed by atoms with Crippen LogP contribution in [0.5, 0.6) is 0 Å². The fourth-order valence-electron chi connectivity index (χ4n) is 2.01. The van der Waals surface area contributed by atoms with Gasteiger partial charge in [0.25, 0.3) is 0 Å². The molecule has 0 spiro atoms. The standard InChI is InChI=1S/C13H16N2O4/c1-18-13(17)11-9-19-7-6-15(11)12(16)8-10-2-4-14-5-3-10/h2-5,11H,6-9H2,1H3. The number of amides is 1. The average Bonchev–Trinajstić information content (AvgIpc) is 2.47. The molecule has 0 N–H and O–H groups in total. The van der Waals surface area contributed by atoms with Gasteiger partial charge in [0, 0.05) is 18.9 Å². The molecular weight excluding hydrogens is 248 g/mol. The van der Waals surface area contributed by atoms with Crippen molar-refractivity contribution in [2.45, 2.75) is 12.5 Å². The topological polar surface area (TPSA) is 68.7 Å². The van der Waals surface area contributed by atoms with E-state index < -0.39 is 12.0 Å². The van der Waals surface area contributed by atoms with Crippen molar-refractivity contribution in [1.29, 1.82) is 0 Å². The molecule has 2 heterocycles. The van der Waals surface area contributed by atoms with Crippen LogP contribution in [0.25, 0.3) is 0 Å². The fraction of sp³-hybridized carbons (Fsp3) is 0.462. The van der Waals surface area contributed by atoms with Crippen LogP contribution in [0.1, 0.15) is 5.56 Å². The van der Waals surface area contributed by atoms with E-state index in [0.29, 0.717) is 13.2 Å². The molecule has 1 fully saturated rings. The van der Waals surface area contributed by atoms with Gasteiger partial charge in [0.2, 0.25) is 5.91 Å². The number of aromatic nitrogens is 1. The van der Waals surface area contributed by atoms with Gasteiger partial charge in [0.05, 0.1) is 26.7 Å². The van der Waals surface area contributed by atoms with E-state index in [-0.39, 0.29) is 18.9 Å². The summed E-state index contributed by atoms with van der Waals surface area (Å²) in [4.78, 5) is 29.3. The average molecular weight is 264 g/mol. The summed E-state index contributed by atoms with van der Waals surface area (Å²) in [6, 6.07) is 2.92. The molecule has 1 atom stereocenters. The van der Waals surface area contributed by atoms with Gasteiger partial charge in [-0.1, -0.05) is 0 Å². The van der Waals surface area contributed by atoms with Gasteiger partial charge >= 0.3 is 5.97 Å². The van der Waals surface area contributed by atoms with Crippen molar-refractivity contribution in [3.63, 3.8) is 0 Å². The lowest BCUT2D eigenvalue weighted by Crippen LogP contribution is -2.53. The van der Waals surface area contributed by atoms with Gasteiger partial charge in [-0.25, -0.2) is 4.79 Å². The van der Waals surface area contributed by atoms with Crippen molar-refractivity contribution in [3.8, 4) is 0 Å². The highest BCUT2D eigenvalue weighted by atomic mass is 16.5. The van der Waals surface area contributed by atoms with Crippen LogP contribution in [0, 0.1) is 0 Å². The molecule has 0 bridgehead atoms. The Morgan fingerprint density at radius 3 is 2.89 bits per heavy atom. The summed E-state index contributed by atoms with van der Waals surface area (Å²) < 4.78 is 9.93. The molecule has 1 amide bonds. The van der Waals surface area contributed by atoms with Crippen LogP contribution >= 0.6 is 0 Å². The Hall–Kier alpha value is -1.95. The maximum Gasteiger partial charge on any atom is 0.331 e. The molecule has 0 aromatic carbocycles. The van der Waals surface area contributed by atoms with Gasteiger partial charge in [0.15, 0.2) is 6.04 Å². The van der Waals surface area contributed by atoms with Crippen molar-refractivity contribution >= 4 is 11.9 Å². The first-order chi connectivity index (χ1) is 9.22. The first-order valence-corrected chi connectivity index (χ1v) is 6.06. The van der Waals surface area contributed by atoms with Crippen molar-refractivity contribution in [1.82, 2.24) is 9.88 Å². The predicted molar refractivity (Wildman–Crippen MR) is 66.3 cm³/mol. The molecule has 102 valence electrons. The maximum atomic E-state index is 12.2. The summed E-state index contributed by atoms with van der Waals surface area (Å²) >= 11 is 0. The maximum absolute atomic E-state index is 12.2. The Kier molecular flexibility index (Phi) is 4.46. The molecule has 0 saturated carbocycles. The summed E-state index contributed by atoms with van der Waals surface area (Å²) in [5.74, 6) is -0.548. The van der Waals surface area contributed by atoms with Crippen LogP contribution in [0.15, 0.2) is 24.5 Å². The van der Waals surface area contributed by atoms with Crippen LogP contribution in [0.2, 0.25) is 0 Å². The lowest BCUT2D eigenvalue weighted by Gasteiger charge is -2.33. The van der Waals surface area contributed by atoms with Gasteiger partial charge in [-0.05, 0) is 17.7 Å². The summed E-state index contributed by atoms with van der Waals surface area (Å²) in [6.07, 6.45) is 3.52. The molecule has 1 aromatic heterocycles. The molecule has 0 radical (unpaired) electrons. The zero-order chi connectivity index (χ0) is 13.7. The minimum atomic E-state index is -0.645. The highest BCUT2D eigenvalue weighted by Crippen LogP contribution is 2.11. The number of morpholine rings is 1. The van der Waals surface area contributed by atoms with E-state index in [4.69, 9.17) is 9.47 Å². The van der Waals surface area contributed by atoms with E-state index in [1.165, 1.54) is 12.0 Å². The van der Waals surface area contributed by atoms with Gasteiger partial charge in [-0.2, -0.15) is 0 Å². The van der Waals surface area contributed by atoms with Crippen LogP contribution in [-0.4, -0.2) is 54.7 Å². The molecule has 0 aliphatic carbocycles. The van der Waals surface area contributed by atoms with E-state index in [1.807, 2.05) is 0 Å². The van der Waals surface area contributed by atoms with Crippen molar-refractivity contribution < 1.29 is 19.1 Å². The van der Waals surface area contributed by atoms with E-state index in [1.54, 1.807) is 24.5 Å². The SMILES string of the molecule is COC(=O)C1COCCN1C(=O)Cc1ccncc1. The van der Waals surface area contributed by atoms with E-state index >= 15 is 0 Å². The number of ether oxygens (including phenoxy) is 2.